The van der Waals surface area contributed by atoms with E-state index >= 15 is 0 Å². The SMILES string of the molecule is O=C(/C=C/c1ccc([N+](=O)[O-])cc1)N1CCC[C@H]1c1nc2ccccc2[nH]1. The maximum absolute atomic E-state index is 12.7. The fourth-order valence-corrected chi connectivity index (χ4v) is 3.42. The fraction of sp³-hybridized carbons (Fsp3) is 0.200. The molecule has 0 saturated carbocycles. The largest absolute Gasteiger partial charge is 0.340 e. The molecular weight excluding hydrogens is 344 g/mol. The molecule has 2 aromatic carbocycles. The first-order chi connectivity index (χ1) is 13.1. The molecule has 0 bridgehead atoms. The lowest BCUT2D eigenvalue weighted by Gasteiger charge is -2.21. The third kappa shape index (κ3) is 3.44. The number of para-hydroxylation sites is 2. The number of non-ortho nitro benzene ring substituents is 1. The molecule has 1 aliphatic heterocycles. The van der Waals surface area contributed by atoms with E-state index < -0.39 is 4.92 Å². The van der Waals surface area contributed by atoms with Gasteiger partial charge in [-0.15, -0.1) is 0 Å². The standard InChI is InChI=1S/C20H18N4O3/c25-19(12-9-14-7-10-15(11-8-14)24(26)27)23-13-3-6-18(23)20-21-16-4-1-2-5-17(16)22-20/h1-2,4-5,7-12,18H,3,6,13H2,(H,21,22)/b12-9+/t18-/m0/s1. The first-order valence-corrected chi connectivity index (χ1v) is 8.79. The summed E-state index contributed by atoms with van der Waals surface area (Å²) >= 11 is 0. The number of likely N-dealkylation sites (tertiary alicyclic amines) is 1. The van der Waals surface area contributed by atoms with E-state index in [2.05, 4.69) is 9.97 Å². The number of aromatic nitrogens is 2. The van der Waals surface area contributed by atoms with Gasteiger partial charge in [0.2, 0.25) is 5.91 Å². The Bertz CT molecular complexity index is 990. The third-order valence-corrected chi connectivity index (χ3v) is 4.78. The number of benzene rings is 2. The molecule has 1 amide bonds. The van der Waals surface area contributed by atoms with E-state index in [1.165, 1.54) is 18.2 Å². The average Bonchev–Trinajstić information content (AvgIpc) is 3.32. The average molecular weight is 362 g/mol. The number of amides is 1. The number of rotatable bonds is 4. The summed E-state index contributed by atoms with van der Waals surface area (Å²) in [6.45, 7) is 0.686. The van der Waals surface area contributed by atoms with Gasteiger partial charge < -0.3 is 9.88 Å². The van der Waals surface area contributed by atoms with E-state index in [-0.39, 0.29) is 17.6 Å². The van der Waals surface area contributed by atoms with Crippen LogP contribution < -0.4 is 0 Å². The summed E-state index contributed by atoms with van der Waals surface area (Å²) in [5.41, 5.74) is 2.64. The molecular formula is C20H18N4O3. The smallest absolute Gasteiger partial charge is 0.269 e. The lowest BCUT2D eigenvalue weighted by Crippen LogP contribution is -2.29. The highest BCUT2D eigenvalue weighted by Gasteiger charge is 2.31. The Kier molecular flexibility index (Phi) is 4.42. The monoisotopic (exact) mass is 362 g/mol. The molecule has 7 nitrogen and oxygen atoms in total. The van der Waals surface area contributed by atoms with Gasteiger partial charge in [-0.25, -0.2) is 4.98 Å². The number of aromatic amines is 1. The topological polar surface area (TPSA) is 92.1 Å². The van der Waals surface area contributed by atoms with Crippen LogP contribution >= 0.6 is 0 Å². The van der Waals surface area contributed by atoms with E-state index in [9.17, 15) is 14.9 Å². The summed E-state index contributed by atoms with van der Waals surface area (Å²) in [4.78, 5) is 32.7. The van der Waals surface area contributed by atoms with Crippen LogP contribution in [0.5, 0.6) is 0 Å². The van der Waals surface area contributed by atoms with Crippen LogP contribution in [0.1, 0.15) is 30.3 Å². The van der Waals surface area contributed by atoms with Crippen molar-refractivity contribution in [3.8, 4) is 0 Å². The Balaban J connectivity index is 1.51. The van der Waals surface area contributed by atoms with Crippen LogP contribution in [-0.2, 0) is 4.79 Å². The van der Waals surface area contributed by atoms with Gasteiger partial charge >= 0.3 is 0 Å². The number of carbonyl (C=O) groups is 1. The van der Waals surface area contributed by atoms with E-state index in [1.807, 2.05) is 29.2 Å². The van der Waals surface area contributed by atoms with Gasteiger partial charge in [0, 0.05) is 24.8 Å². The number of nitrogens with zero attached hydrogens (tertiary/aromatic N) is 3. The maximum Gasteiger partial charge on any atom is 0.269 e. The zero-order valence-corrected chi connectivity index (χ0v) is 14.5. The molecule has 0 aliphatic carbocycles. The number of fused-ring (bicyclic) bond motifs is 1. The van der Waals surface area contributed by atoms with Crippen LogP contribution in [0.25, 0.3) is 17.1 Å². The molecule has 1 atom stereocenters. The Hall–Kier alpha value is -3.48. The number of hydrogen-bond donors (Lipinski definition) is 1. The quantitative estimate of drug-likeness (QED) is 0.433. The lowest BCUT2D eigenvalue weighted by atomic mass is 10.2. The lowest BCUT2D eigenvalue weighted by molar-refractivity contribution is -0.384. The highest BCUT2D eigenvalue weighted by atomic mass is 16.6. The minimum Gasteiger partial charge on any atom is -0.340 e. The number of imidazole rings is 1. The van der Waals surface area contributed by atoms with Crippen molar-refractivity contribution >= 4 is 28.7 Å². The van der Waals surface area contributed by atoms with Crippen molar-refractivity contribution in [3.63, 3.8) is 0 Å². The number of nitro groups is 1. The van der Waals surface area contributed by atoms with E-state index in [1.54, 1.807) is 18.2 Å². The van der Waals surface area contributed by atoms with Crippen LogP contribution in [0.3, 0.4) is 0 Å². The van der Waals surface area contributed by atoms with Gasteiger partial charge in [0.25, 0.3) is 5.69 Å². The molecule has 0 unspecified atom stereocenters. The second-order valence-electron chi connectivity index (χ2n) is 6.51. The van der Waals surface area contributed by atoms with Crippen LogP contribution in [0.15, 0.2) is 54.6 Å². The van der Waals surface area contributed by atoms with Crippen molar-refractivity contribution in [1.82, 2.24) is 14.9 Å². The van der Waals surface area contributed by atoms with Gasteiger partial charge in [-0.05, 0) is 48.7 Å². The molecule has 1 aromatic heterocycles. The van der Waals surface area contributed by atoms with Crippen LogP contribution in [-0.4, -0.2) is 32.2 Å². The number of carbonyl (C=O) groups excluding carboxylic acids is 1. The van der Waals surface area contributed by atoms with Gasteiger partial charge in [-0.2, -0.15) is 0 Å². The van der Waals surface area contributed by atoms with Gasteiger partial charge in [-0.1, -0.05) is 12.1 Å². The van der Waals surface area contributed by atoms with Gasteiger partial charge in [0.15, 0.2) is 0 Å². The molecule has 1 aliphatic rings. The van der Waals surface area contributed by atoms with Gasteiger partial charge in [0.05, 0.1) is 22.0 Å². The molecule has 0 spiro atoms. The van der Waals surface area contributed by atoms with Gasteiger partial charge in [-0.3, -0.25) is 14.9 Å². The number of nitrogens with one attached hydrogen (secondary N) is 1. The van der Waals surface area contributed by atoms with E-state index in [0.29, 0.717) is 6.54 Å². The fourth-order valence-electron chi connectivity index (χ4n) is 3.42. The normalized spacial score (nSPS) is 17.0. The molecule has 2 heterocycles. The van der Waals surface area contributed by atoms with Crippen molar-refractivity contribution in [3.05, 3.63) is 76.1 Å². The Morgan fingerprint density at radius 2 is 2.00 bits per heavy atom. The first-order valence-electron chi connectivity index (χ1n) is 8.79. The Labute approximate surface area is 155 Å². The van der Waals surface area contributed by atoms with Crippen molar-refractivity contribution in [2.75, 3.05) is 6.54 Å². The first kappa shape index (κ1) is 17.0. The second-order valence-corrected chi connectivity index (χ2v) is 6.51. The van der Waals surface area contributed by atoms with Crippen molar-refractivity contribution in [2.45, 2.75) is 18.9 Å². The van der Waals surface area contributed by atoms with E-state index in [0.717, 1.165) is 35.3 Å². The summed E-state index contributed by atoms with van der Waals surface area (Å²) in [6.07, 6.45) is 5.00. The predicted octanol–water partition coefficient (Wildman–Crippen LogP) is 3.85. The molecule has 27 heavy (non-hydrogen) atoms. The molecule has 0 radical (unpaired) electrons. The second kappa shape index (κ2) is 7.03. The van der Waals surface area contributed by atoms with Crippen LogP contribution in [0.4, 0.5) is 5.69 Å². The molecule has 7 heteroatoms. The highest BCUT2D eigenvalue weighted by molar-refractivity contribution is 5.92. The van der Waals surface area contributed by atoms with Crippen LogP contribution in [0, 0.1) is 10.1 Å². The van der Waals surface area contributed by atoms with Crippen LogP contribution in [0.2, 0.25) is 0 Å². The summed E-state index contributed by atoms with van der Waals surface area (Å²) in [5, 5.41) is 10.7. The molecule has 136 valence electrons. The summed E-state index contributed by atoms with van der Waals surface area (Å²) < 4.78 is 0. The van der Waals surface area contributed by atoms with E-state index in [4.69, 9.17) is 0 Å². The predicted molar refractivity (Wildman–Crippen MR) is 102 cm³/mol. The van der Waals surface area contributed by atoms with Crippen molar-refractivity contribution in [1.29, 1.82) is 0 Å². The van der Waals surface area contributed by atoms with Crippen molar-refractivity contribution < 1.29 is 9.72 Å². The zero-order valence-electron chi connectivity index (χ0n) is 14.5. The number of nitro benzene ring substituents is 1. The zero-order chi connectivity index (χ0) is 18.8. The molecule has 3 aromatic rings. The van der Waals surface area contributed by atoms with Gasteiger partial charge in [0.1, 0.15) is 5.82 Å². The van der Waals surface area contributed by atoms with Crippen molar-refractivity contribution in [2.24, 2.45) is 0 Å². The maximum atomic E-state index is 12.7. The summed E-state index contributed by atoms with van der Waals surface area (Å²) in [5.74, 6) is 0.724. The third-order valence-electron chi connectivity index (χ3n) is 4.78. The minimum atomic E-state index is -0.444. The summed E-state index contributed by atoms with van der Waals surface area (Å²) in [7, 11) is 0. The molecule has 4 rings (SSSR count). The molecule has 1 fully saturated rings. The Morgan fingerprint density at radius 1 is 1.22 bits per heavy atom. The Morgan fingerprint density at radius 3 is 2.74 bits per heavy atom. The number of hydrogen-bond acceptors (Lipinski definition) is 4. The summed E-state index contributed by atoms with van der Waals surface area (Å²) in [6, 6.07) is 13.9. The highest BCUT2D eigenvalue weighted by Crippen LogP contribution is 2.31. The number of H-pyrrole nitrogens is 1. The molecule has 1 N–H and O–H groups in total. The minimum absolute atomic E-state index is 0.0305. The molecule has 1 saturated heterocycles.